The molecule has 6 heteroatoms. The van der Waals surface area contributed by atoms with E-state index in [4.69, 9.17) is 5.73 Å². The molecule has 0 spiro atoms. The molecule has 0 fully saturated rings. The number of aromatic nitrogens is 3. The highest BCUT2D eigenvalue weighted by atomic mass is 16.2. The van der Waals surface area contributed by atoms with Crippen LogP contribution in [-0.4, -0.2) is 20.9 Å². The van der Waals surface area contributed by atoms with E-state index < -0.39 is 6.04 Å². The minimum atomic E-state index is -0.436. The molecule has 0 bridgehead atoms. The SMILES string of the molecule is CCc1ccc(NC(=O)C(C)n2cc(CN)nn2)cc1. The molecule has 2 rings (SSSR count). The summed E-state index contributed by atoms with van der Waals surface area (Å²) in [6.07, 6.45) is 2.66. The number of hydrogen-bond donors (Lipinski definition) is 2. The van der Waals surface area contributed by atoms with Crippen molar-refractivity contribution in [2.24, 2.45) is 5.73 Å². The summed E-state index contributed by atoms with van der Waals surface area (Å²) in [4.78, 5) is 12.1. The molecule has 1 atom stereocenters. The van der Waals surface area contributed by atoms with Crippen LogP contribution < -0.4 is 11.1 Å². The lowest BCUT2D eigenvalue weighted by molar-refractivity contribution is -0.119. The lowest BCUT2D eigenvalue weighted by atomic mass is 10.1. The molecule has 1 aromatic heterocycles. The van der Waals surface area contributed by atoms with E-state index in [0.717, 1.165) is 12.1 Å². The topological polar surface area (TPSA) is 85.8 Å². The molecule has 1 amide bonds. The summed E-state index contributed by atoms with van der Waals surface area (Å²) in [5.74, 6) is -0.136. The summed E-state index contributed by atoms with van der Waals surface area (Å²) in [5.41, 5.74) is 8.15. The number of nitrogens with one attached hydrogen (secondary N) is 1. The van der Waals surface area contributed by atoms with Gasteiger partial charge in [-0.25, -0.2) is 4.68 Å². The van der Waals surface area contributed by atoms with Crippen LogP contribution in [0.5, 0.6) is 0 Å². The summed E-state index contributed by atoms with van der Waals surface area (Å²) in [6.45, 7) is 4.17. The third-order valence-electron chi connectivity index (χ3n) is 3.17. The second kappa shape index (κ2) is 6.29. The molecule has 0 aliphatic rings. The maximum absolute atomic E-state index is 12.1. The number of anilines is 1. The molecule has 6 nitrogen and oxygen atoms in total. The van der Waals surface area contributed by atoms with E-state index in [2.05, 4.69) is 22.6 Å². The average Bonchev–Trinajstić information content (AvgIpc) is 2.96. The van der Waals surface area contributed by atoms with E-state index in [1.54, 1.807) is 13.1 Å². The average molecular weight is 273 g/mol. The number of hydrogen-bond acceptors (Lipinski definition) is 4. The van der Waals surface area contributed by atoms with Crippen LogP contribution in [0.25, 0.3) is 0 Å². The third kappa shape index (κ3) is 3.21. The number of nitrogens with two attached hydrogens (primary N) is 1. The largest absolute Gasteiger partial charge is 0.325 e. The quantitative estimate of drug-likeness (QED) is 0.864. The summed E-state index contributed by atoms with van der Waals surface area (Å²) in [5, 5.41) is 10.6. The summed E-state index contributed by atoms with van der Waals surface area (Å²) < 4.78 is 1.51. The fraction of sp³-hybridized carbons (Fsp3) is 0.357. The number of rotatable bonds is 5. The predicted octanol–water partition coefficient (Wildman–Crippen LogP) is 1.50. The monoisotopic (exact) mass is 273 g/mol. The van der Waals surface area contributed by atoms with Gasteiger partial charge in [-0.3, -0.25) is 4.79 Å². The van der Waals surface area contributed by atoms with Gasteiger partial charge >= 0.3 is 0 Å². The zero-order chi connectivity index (χ0) is 14.5. The minimum absolute atomic E-state index is 0.136. The normalized spacial score (nSPS) is 12.2. The molecule has 1 aromatic carbocycles. The first-order valence-electron chi connectivity index (χ1n) is 6.64. The predicted molar refractivity (Wildman–Crippen MR) is 77.1 cm³/mol. The Bertz CT molecular complexity index is 576. The van der Waals surface area contributed by atoms with Gasteiger partial charge in [0.15, 0.2) is 0 Å². The van der Waals surface area contributed by atoms with E-state index in [0.29, 0.717) is 12.2 Å². The van der Waals surface area contributed by atoms with E-state index in [-0.39, 0.29) is 5.91 Å². The molecule has 3 N–H and O–H groups in total. The molecule has 0 saturated heterocycles. The smallest absolute Gasteiger partial charge is 0.249 e. The van der Waals surface area contributed by atoms with Crippen LogP contribution in [-0.2, 0) is 17.8 Å². The van der Waals surface area contributed by atoms with Crippen molar-refractivity contribution >= 4 is 11.6 Å². The van der Waals surface area contributed by atoms with Crippen molar-refractivity contribution in [1.82, 2.24) is 15.0 Å². The van der Waals surface area contributed by atoms with Crippen molar-refractivity contribution in [3.63, 3.8) is 0 Å². The molecule has 20 heavy (non-hydrogen) atoms. The Balaban J connectivity index is 2.02. The van der Waals surface area contributed by atoms with Gasteiger partial charge in [-0.05, 0) is 31.0 Å². The molecular weight excluding hydrogens is 254 g/mol. The second-order valence-corrected chi connectivity index (χ2v) is 4.61. The van der Waals surface area contributed by atoms with Crippen LogP contribution in [0.3, 0.4) is 0 Å². The first-order chi connectivity index (χ1) is 9.63. The number of amides is 1. The maximum Gasteiger partial charge on any atom is 0.249 e. The van der Waals surface area contributed by atoms with Crippen molar-refractivity contribution in [2.45, 2.75) is 32.9 Å². The van der Waals surface area contributed by atoms with Gasteiger partial charge in [-0.2, -0.15) is 0 Å². The number of carbonyl (C=O) groups is 1. The molecule has 1 heterocycles. The lowest BCUT2D eigenvalue weighted by Crippen LogP contribution is -2.24. The van der Waals surface area contributed by atoms with Crippen molar-refractivity contribution in [3.05, 3.63) is 41.7 Å². The Morgan fingerprint density at radius 3 is 2.65 bits per heavy atom. The van der Waals surface area contributed by atoms with Gasteiger partial charge in [0.2, 0.25) is 5.91 Å². The van der Waals surface area contributed by atoms with Gasteiger partial charge < -0.3 is 11.1 Å². The zero-order valence-corrected chi connectivity index (χ0v) is 11.7. The van der Waals surface area contributed by atoms with Crippen molar-refractivity contribution in [3.8, 4) is 0 Å². The Kier molecular flexibility index (Phi) is 4.47. The van der Waals surface area contributed by atoms with Gasteiger partial charge in [0, 0.05) is 12.2 Å². The Morgan fingerprint density at radius 2 is 2.10 bits per heavy atom. The van der Waals surface area contributed by atoms with Gasteiger partial charge in [-0.1, -0.05) is 24.3 Å². The van der Waals surface area contributed by atoms with Crippen LogP contribution in [0.2, 0.25) is 0 Å². The Labute approximate surface area is 118 Å². The lowest BCUT2D eigenvalue weighted by Gasteiger charge is -2.12. The third-order valence-corrected chi connectivity index (χ3v) is 3.17. The van der Waals surface area contributed by atoms with Crippen molar-refractivity contribution < 1.29 is 4.79 Å². The zero-order valence-electron chi connectivity index (χ0n) is 11.7. The Morgan fingerprint density at radius 1 is 1.40 bits per heavy atom. The van der Waals surface area contributed by atoms with Gasteiger partial charge in [0.25, 0.3) is 0 Å². The van der Waals surface area contributed by atoms with Gasteiger partial charge in [-0.15, -0.1) is 5.10 Å². The summed E-state index contributed by atoms with van der Waals surface area (Å²) in [7, 11) is 0. The molecule has 0 aliphatic carbocycles. The maximum atomic E-state index is 12.1. The molecule has 1 unspecified atom stereocenters. The van der Waals surface area contributed by atoms with Crippen LogP contribution in [0.15, 0.2) is 30.5 Å². The van der Waals surface area contributed by atoms with Crippen LogP contribution in [0, 0.1) is 0 Å². The van der Waals surface area contributed by atoms with Crippen molar-refractivity contribution in [1.29, 1.82) is 0 Å². The van der Waals surface area contributed by atoms with Crippen LogP contribution >= 0.6 is 0 Å². The van der Waals surface area contributed by atoms with Gasteiger partial charge in [0.05, 0.1) is 11.9 Å². The highest BCUT2D eigenvalue weighted by Gasteiger charge is 2.16. The summed E-state index contributed by atoms with van der Waals surface area (Å²) in [6, 6.07) is 7.37. The molecule has 2 aromatic rings. The fourth-order valence-electron chi connectivity index (χ4n) is 1.79. The number of nitrogens with zero attached hydrogens (tertiary/aromatic N) is 3. The first-order valence-corrected chi connectivity index (χ1v) is 6.64. The molecule has 0 radical (unpaired) electrons. The standard InChI is InChI=1S/C14H19N5O/c1-3-11-4-6-12(7-5-11)16-14(20)10(2)19-9-13(8-15)17-18-19/h4-7,9-10H,3,8,15H2,1-2H3,(H,16,20). The molecule has 0 aliphatic heterocycles. The van der Waals surface area contributed by atoms with E-state index >= 15 is 0 Å². The highest BCUT2D eigenvalue weighted by molar-refractivity contribution is 5.93. The highest BCUT2D eigenvalue weighted by Crippen LogP contribution is 2.13. The van der Waals surface area contributed by atoms with E-state index in [1.807, 2.05) is 24.3 Å². The fourth-order valence-corrected chi connectivity index (χ4v) is 1.79. The Hall–Kier alpha value is -2.21. The molecular formula is C14H19N5O. The number of aryl methyl sites for hydroxylation is 1. The molecule has 106 valence electrons. The number of carbonyl (C=O) groups excluding carboxylic acids is 1. The van der Waals surface area contributed by atoms with Crippen molar-refractivity contribution in [2.75, 3.05) is 5.32 Å². The van der Waals surface area contributed by atoms with Crippen LogP contribution in [0.1, 0.15) is 31.1 Å². The van der Waals surface area contributed by atoms with E-state index in [9.17, 15) is 4.79 Å². The summed E-state index contributed by atoms with van der Waals surface area (Å²) >= 11 is 0. The minimum Gasteiger partial charge on any atom is -0.325 e. The number of benzene rings is 1. The van der Waals surface area contributed by atoms with Crippen LogP contribution in [0.4, 0.5) is 5.69 Å². The molecule has 0 saturated carbocycles. The first kappa shape index (κ1) is 14.2. The second-order valence-electron chi connectivity index (χ2n) is 4.61. The van der Waals surface area contributed by atoms with E-state index in [1.165, 1.54) is 10.2 Å². The van der Waals surface area contributed by atoms with Gasteiger partial charge in [0.1, 0.15) is 6.04 Å².